The Bertz CT molecular complexity index is 870. The number of carbonyl (C=O) groups is 1. The molecule has 0 saturated heterocycles. The molecule has 1 amide bonds. The monoisotopic (exact) mass is 331 g/mol. The van der Waals surface area contributed by atoms with Gasteiger partial charge in [-0.2, -0.15) is 4.52 Å². The number of rotatable bonds is 5. The zero-order valence-corrected chi connectivity index (χ0v) is 13.0. The van der Waals surface area contributed by atoms with E-state index in [1.165, 1.54) is 17.4 Å². The van der Waals surface area contributed by atoms with E-state index in [-0.39, 0.29) is 11.7 Å². The molecule has 0 atom stereocenters. The molecular weight excluding hydrogens is 317 g/mol. The highest BCUT2D eigenvalue weighted by molar-refractivity contribution is 7.18. The van der Waals surface area contributed by atoms with Crippen molar-refractivity contribution in [2.24, 2.45) is 0 Å². The fourth-order valence-electron chi connectivity index (χ4n) is 2.41. The van der Waals surface area contributed by atoms with E-state index in [2.05, 4.69) is 20.6 Å². The van der Waals surface area contributed by atoms with E-state index in [0.29, 0.717) is 34.4 Å². The maximum atomic E-state index is 13.5. The first-order valence-corrected chi connectivity index (χ1v) is 8.28. The molecule has 1 saturated carbocycles. The zero-order valence-electron chi connectivity index (χ0n) is 12.2. The number of fused-ring (bicyclic) bond motifs is 1. The molecule has 1 N–H and O–H groups in total. The number of nitrogens with zero attached hydrogens (tertiary/aromatic N) is 4. The molecule has 23 heavy (non-hydrogen) atoms. The van der Waals surface area contributed by atoms with Crippen molar-refractivity contribution in [1.82, 2.24) is 25.1 Å². The molecule has 4 rings (SSSR count). The molecule has 2 aromatic heterocycles. The average molecular weight is 331 g/mol. The third-order valence-corrected chi connectivity index (χ3v) is 4.69. The Kier molecular flexibility index (Phi) is 3.53. The third-order valence-electron chi connectivity index (χ3n) is 3.79. The van der Waals surface area contributed by atoms with Crippen LogP contribution in [-0.4, -0.2) is 32.3 Å². The van der Waals surface area contributed by atoms with E-state index in [4.69, 9.17) is 0 Å². The van der Waals surface area contributed by atoms with Crippen LogP contribution in [0.15, 0.2) is 24.3 Å². The lowest BCUT2D eigenvalue weighted by Crippen LogP contribution is -2.26. The zero-order chi connectivity index (χ0) is 15.8. The van der Waals surface area contributed by atoms with Crippen LogP contribution in [0.1, 0.15) is 39.9 Å². The summed E-state index contributed by atoms with van der Waals surface area (Å²) < 4.78 is 15.2. The van der Waals surface area contributed by atoms with E-state index < -0.39 is 0 Å². The molecule has 118 valence electrons. The van der Waals surface area contributed by atoms with Gasteiger partial charge in [0, 0.05) is 12.5 Å². The lowest BCUT2D eigenvalue weighted by molar-refractivity contribution is 0.0952. The second kappa shape index (κ2) is 5.69. The number of hydrogen-bond donors (Lipinski definition) is 1. The van der Waals surface area contributed by atoms with Crippen LogP contribution >= 0.6 is 11.3 Å². The van der Waals surface area contributed by atoms with Crippen LogP contribution in [0.4, 0.5) is 4.39 Å². The van der Waals surface area contributed by atoms with E-state index in [1.54, 1.807) is 22.7 Å². The van der Waals surface area contributed by atoms with E-state index >= 15 is 0 Å². The molecule has 1 aliphatic carbocycles. The molecule has 0 unspecified atom stereocenters. The summed E-state index contributed by atoms with van der Waals surface area (Å²) in [5.74, 6) is 0.735. The molecular formula is C15H14FN5OS. The van der Waals surface area contributed by atoms with Gasteiger partial charge in [-0.25, -0.2) is 4.39 Å². The van der Waals surface area contributed by atoms with Gasteiger partial charge in [-0.05, 0) is 30.9 Å². The number of carbonyl (C=O) groups excluding carboxylic acids is 1. The Labute approximate surface area is 135 Å². The summed E-state index contributed by atoms with van der Waals surface area (Å²) in [5, 5.41) is 15.6. The lowest BCUT2D eigenvalue weighted by atomic mass is 10.1. The quantitative estimate of drug-likeness (QED) is 0.778. The predicted octanol–water partition coefficient (Wildman–Crippen LogP) is 2.17. The summed E-state index contributed by atoms with van der Waals surface area (Å²) >= 11 is 1.21. The minimum atomic E-state index is -0.265. The Morgan fingerprint density at radius 3 is 2.96 bits per heavy atom. The highest BCUT2D eigenvalue weighted by Gasteiger charge is 2.30. The SMILES string of the molecule is O=C(NCCc1ccccc1F)c1nn2c(C3CC3)nnc2s1. The van der Waals surface area contributed by atoms with Crippen molar-refractivity contribution in [3.05, 3.63) is 46.5 Å². The van der Waals surface area contributed by atoms with Crippen molar-refractivity contribution in [2.45, 2.75) is 25.2 Å². The summed E-state index contributed by atoms with van der Waals surface area (Å²) in [6.07, 6.45) is 2.64. The normalized spacial score (nSPS) is 14.3. The molecule has 1 fully saturated rings. The molecule has 8 heteroatoms. The average Bonchev–Trinajstić information content (AvgIpc) is 3.17. The number of benzene rings is 1. The van der Waals surface area contributed by atoms with Crippen LogP contribution < -0.4 is 5.32 Å². The largest absolute Gasteiger partial charge is 0.350 e. The van der Waals surface area contributed by atoms with Gasteiger partial charge in [0.1, 0.15) is 5.82 Å². The highest BCUT2D eigenvalue weighted by atomic mass is 32.1. The van der Waals surface area contributed by atoms with Gasteiger partial charge in [-0.1, -0.05) is 29.5 Å². The van der Waals surface area contributed by atoms with E-state index in [0.717, 1.165) is 18.7 Å². The second-order valence-corrected chi connectivity index (χ2v) is 6.49. The topological polar surface area (TPSA) is 72.2 Å². The Morgan fingerprint density at radius 1 is 1.35 bits per heavy atom. The van der Waals surface area contributed by atoms with Crippen LogP contribution in [0.3, 0.4) is 0 Å². The smallest absolute Gasteiger partial charge is 0.282 e. The highest BCUT2D eigenvalue weighted by Crippen LogP contribution is 2.39. The van der Waals surface area contributed by atoms with Gasteiger partial charge in [0.05, 0.1) is 0 Å². The van der Waals surface area contributed by atoms with Crippen LogP contribution in [0.2, 0.25) is 0 Å². The van der Waals surface area contributed by atoms with Crippen LogP contribution in [-0.2, 0) is 6.42 Å². The number of halogens is 1. The van der Waals surface area contributed by atoms with Gasteiger partial charge in [-0.15, -0.1) is 15.3 Å². The van der Waals surface area contributed by atoms with Crippen LogP contribution in [0, 0.1) is 5.82 Å². The van der Waals surface area contributed by atoms with Crippen LogP contribution in [0.5, 0.6) is 0 Å². The summed E-state index contributed by atoms with van der Waals surface area (Å²) in [7, 11) is 0. The molecule has 0 spiro atoms. The van der Waals surface area contributed by atoms with Crippen molar-refractivity contribution >= 4 is 22.2 Å². The van der Waals surface area contributed by atoms with Crippen LogP contribution in [0.25, 0.3) is 4.96 Å². The van der Waals surface area contributed by atoms with E-state index in [1.807, 2.05) is 0 Å². The fraction of sp³-hybridized carbons (Fsp3) is 0.333. The van der Waals surface area contributed by atoms with Gasteiger partial charge in [0.15, 0.2) is 5.82 Å². The Hall–Kier alpha value is -2.35. The van der Waals surface area contributed by atoms with Gasteiger partial charge in [0.2, 0.25) is 9.97 Å². The van der Waals surface area contributed by atoms with Gasteiger partial charge in [-0.3, -0.25) is 4.79 Å². The maximum absolute atomic E-state index is 13.5. The molecule has 2 heterocycles. The van der Waals surface area contributed by atoms with Crippen molar-refractivity contribution in [3.63, 3.8) is 0 Å². The summed E-state index contributed by atoms with van der Waals surface area (Å²) in [5.41, 5.74) is 0.585. The third kappa shape index (κ3) is 2.81. The summed E-state index contributed by atoms with van der Waals surface area (Å²) in [6.45, 7) is 0.357. The van der Waals surface area contributed by atoms with Crippen molar-refractivity contribution in [2.75, 3.05) is 6.54 Å². The first kappa shape index (κ1) is 14.3. The maximum Gasteiger partial charge on any atom is 0.282 e. The first-order chi connectivity index (χ1) is 11.2. The minimum Gasteiger partial charge on any atom is -0.350 e. The van der Waals surface area contributed by atoms with E-state index in [9.17, 15) is 9.18 Å². The standard InChI is InChI=1S/C15H14FN5OS/c16-11-4-2-1-3-9(11)7-8-17-13(22)14-20-21-12(10-5-6-10)18-19-15(21)23-14/h1-4,10H,5-8H2,(H,17,22). The Balaban J connectivity index is 1.42. The molecule has 6 nitrogen and oxygen atoms in total. The number of amides is 1. The van der Waals surface area contributed by atoms with Crippen molar-refractivity contribution < 1.29 is 9.18 Å². The minimum absolute atomic E-state index is 0.255. The molecule has 1 aliphatic rings. The van der Waals surface area contributed by atoms with Crippen molar-refractivity contribution in [1.29, 1.82) is 0 Å². The molecule has 0 radical (unpaired) electrons. The number of aromatic nitrogens is 4. The lowest BCUT2D eigenvalue weighted by Gasteiger charge is -2.04. The van der Waals surface area contributed by atoms with Crippen molar-refractivity contribution in [3.8, 4) is 0 Å². The first-order valence-electron chi connectivity index (χ1n) is 7.46. The molecule has 1 aromatic carbocycles. The predicted molar refractivity (Wildman–Crippen MR) is 83.1 cm³/mol. The second-order valence-electron chi connectivity index (χ2n) is 5.53. The van der Waals surface area contributed by atoms with Gasteiger partial charge >= 0.3 is 0 Å². The summed E-state index contributed by atoms with van der Waals surface area (Å²) in [4.78, 5) is 12.8. The van der Waals surface area contributed by atoms with Gasteiger partial charge in [0.25, 0.3) is 5.91 Å². The molecule has 3 aromatic rings. The summed E-state index contributed by atoms with van der Waals surface area (Å²) in [6, 6.07) is 6.56. The number of nitrogens with one attached hydrogen (secondary N) is 1. The number of hydrogen-bond acceptors (Lipinski definition) is 5. The fourth-order valence-corrected chi connectivity index (χ4v) is 3.17. The molecule has 0 bridgehead atoms. The Morgan fingerprint density at radius 2 is 2.17 bits per heavy atom. The molecule has 0 aliphatic heterocycles. The van der Waals surface area contributed by atoms with Gasteiger partial charge < -0.3 is 5.32 Å².